The molecule has 102 valence electrons. The van der Waals surface area contributed by atoms with Crippen LogP contribution in [0.3, 0.4) is 0 Å². The average Bonchev–Trinajstić information content (AvgIpc) is 2.38. The Morgan fingerprint density at radius 1 is 1.53 bits per heavy atom. The van der Waals surface area contributed by atoms with Crippen molar-refractivity contribution in [1.82, 2.24) is 0 Å². The van der Waals surface area contributed by atoms with E-state index in [0.29, 0.717) is 23.5 Å². The second kappa shape index (κ2) is 8.78. The largest absolute Gasteiger partial charge is 0.478 e. The van der Waals surface area contributed by atoms with E-state index in [2.05, 4.69) is 11.2 Å². The molecule has 0 saturated carbocycles. The predicted molar refractivity (Wildman–Crippen MR) is 84.4 cm³/mol. The molecule has 0 aliphatic rings. The van der Waals surface area contributed by atoms with Crippen LogP contribution in [0.15, 0.2) is 23.1 Å². The molecule has 0 radical (unpaired) electrons. The molecule has 1 aromatic carbocycles. The summed E-state index contributed by atoms with van der Waals surface area (Å²) in [4.78, 5) is 12.2. The van der Waals surface area contributed by atoms with Crippen molar-refractivity contribution in [3.8, 4) is 12.3 Å². The second-order valence-corrected chi connectivity index (χ2v) is 6.01. The first kappa shape index (κ1) is 15.8. The van der Waals surface area contributed by atoms with E-state index < -0.39 is 5.97 Å². The van der Waals surface area contributed by atoms with Crippen LogP contribution in [0.25, 0.3) is 0 Å². The molecule has 1 aromatic rings. The van der Waals surface area contributed by atoms with Crippen LogP contribution < -0.4 is 5.32 Å². The monoisotopic (exact) mass is 295 g/mol. The number of anilines is 1. The van der Waals surface area contributed by atoms with Gasteiger partial charge in [-0.25, -0.2) is 4.79 Å². The number of aromatic carboxylic acids is 1. The number of benzene rings is 1. The van der Waals surface area contributed by atoms with E-state index in [0.717, 1.165) is 16.4 Å². The van der Waals surface area contributed by atoms with Gasteiger partial charge in [-0.3, -0.25) is 0 Å². The molecule has 0 atom stereocenters. The fourth-order valence-electron chi connectivity index (χ4n) is 1.56. The highest BCUT2D eigenvalue weighted by Crippen LogP contribution is 2.28. The van der Waals surface area contributed by atoms with Gasteiger partial charge < -0.3 is 10.4 Å². The number of rotatable bonds is 8. The normalized spacial score (nSPS) is 9.89. The highest BCUT2D eigenvalue weighted by Gasteiger charge is 2.14. The van der Waals surface area contributed by atoms with Crippen LogP contribution in [0.2, 0.25) is 0 Å². The highest BCUT2D eigenvalue weighted by atomic mass is 32.2. The van der Waals surface area contributed by atoms with Crippen LogP contribution >= 0.6 is 23.5 Å². The maximum absolute atomic E-state index is 11.4. The fourth-order valence-corrected chi connectivity index (χ4v) is 2.90. The van der Waals surface area contributed by atoms with Gasteiger partial charge in [0.2, 0.25) is 0 Å². The molecule has 0 spiro atoms. The summed E-state index contributed by atoms with van der Waals surface area (Å²) in [5.74, 6) is 4.05. The van der Waals surface area contributed by atoms with Gasteiger partial charge in [-0.2, -0.15) is 0 Å². The van der Waals surface area contributed by atoms with E-state index in [1.165, 1.54) is 11.8 Å². The van der Waals surface area contributed by atoms with Crippen molar-refractivity contribution >= 4 is 35.2 Å². The third-order valence-corrected chi connectivity index (χ3v) is 4.09. The number of thioether (sulfide) groups is 2. The van der Waals surface area contributed by atoms with Crippen molar-refractivity contribution in [2.75, 3.05) is 29.1 Å². The van der Waals surface area contributed by atoms with Crippen LogP contribution in [0.5, 0.6) is 0 Å². The lowest BCUT2D eigenvalue weighted by Gasteiger charge is -2.12. The zero-order valence-corrected chi connectivity index (χ0v) is 12.4. The van der Waals surface area contributed by atoms with E-state index in [4.69, 9.17) is 6.42 Å². The summed E-state index contributed by atoms with van der Waals surface area (Å²) in [5, 5.41) is 12.5. The Bertz CT molecular complexity index is 469. The molecule has 0 aliphatic carbocycles. The minimum Gasteiger partial charge on any atom is -0.478 e. The van der Waals surface area contributed by atoms with Gasteiger partial charge in [-0.1, -0.05) is 18.9 Å². The molecule has 0 saturated heterocycles. The van der Waals surface area contributed by atoms with Crippen LogP contribution in [0, 0.1) is 12.3 Å². The summed E-state index contributed by atoms with van der Waals surface area (Å²) in [6.45, 7) is 2.71. The van der Waals surface area contributed by atoms with Gasteiger partial charge in [-0.15, -0.1) is 29.9 Å². The molecular weight excluding hydrogens is 278 g/mol. The van der Waals surface area contributed by atoms with Gasteiger partial charge in [-0.05, 0) is 17.9 Å². The zero-order valence-electron chi connectivity index (χ0n) is 10.8. The van der Waals surface area contributed by atoms with Gasteiger partial charge in [0, 0.05) is 22.9 Å². The number of hydrogen-bond acceptors (Lipinski definition) is 4. The Labute approximate surface area is 122 Å². The van der Waals surface area contributed by atoms with Gasteiger partial charge >= 0.3 is 5.97 Å². The molecule has 19 heavy (non-hydrogen) atoms. The maximum atomic E-state index is 11.4. The Morgan fingerprint density at radius 2 is 2.32 bits per heavy atom. The first-order valence-corrected chi connectivity index (χ1v) is 8.09. The minimum absolute atomic E-state index is 0.358. The van der Waals surface area contributed by atoms with Gasteiger partial charge in [0.1, 0.15) is 0 Å². The molecule has 5 heteroatoms. The van der Waals surface area contributed by atoms with E-state index in [1.54, 1.807) is 17.8 Å². The Hall–Kier alpha value is -1.25. The number of carbonyl (C=O) groups is 1. The topological polar surface area (TPSA) is 49.3 Å². The summed E-state index contributed by atoms with van der Waals surface area (Å²) in [7, 11) is 0. The van der Waals surface area contributed by atoms with Crippen molar-refractivity contribution in [2.45, 2.75) is 11.8 Å². The summed E-state index contributed by atoms with van der Waals surface area (Å²) in [5.41, 5.74) is 1.03. The number of carboxylic acid groups (broad SMARTS) is 1. The average molecular weight is 295 g/mol. The second-order valence-electron chi connectivity index (χ2n) is 3.60. The smallest absolute Gasteiger partial charge is 0.338 e. The molecule has 0 heterocycles. The lowest BCUT2D eigenvalue weighted by Crippen LogP contribution is -2.10. The third-order valence-electron chi connectivity index (χ3n) is 2.29. The standard InChI is InChI=1S/C14H17NO2S2/c1-3-9-18-10-8-15-11-6-5-7-12(19-4-2)13(11)14(16)17/h1,5-7,15H,4,8-10H2,2H3,(H,16,17). The molecule has 0 fully saturated rings. The lowest BCUT2D eigenvalue weighted by atomic mass is 10.2. The minimum atomic E-state index is -0.893. The molecule has 2 N–H and O–H groups in total. The van der Waals surface area contributed by atoms with Gasteiger partial charge in [0.15, 0.2) is 0 Å². The Kier molecular flexibility index (Phi) is 7.31. The van der Waals surface area contributed by atoms with Crippen molar-refractivity contribution in [1.29, 1.82) is 0 Å². The summed E-state index contributed by atoms with van der Waals surface area (Å²) in [6, 6.07) is 5.52. The van der Waals surface area contributed by atoms with E-state index in [9.17, 15) is 9.90 Å². The van der Waals surface area contributed by atoms with Gasteiger partial charge in [0.05, 0.1) is 11.3 Å². The molecular formula is C14H17NO2S2. The van der Waals surface area contributed by atoms with Crippen molar-refractivity contribution in [3.05, 3.63) is 23.8 Å². The van der Waals surface area contributed by atoms with E-state index in [1.807, 2.05) is 19.1 Å². The maximum Gasteiger partial charge on any atom is 0.338 e. The number of carboxylic acids is 1. The zero-order chi connectivity index (χ0) is 14.1. The highest BCUT2D eigenvalue weighted by molar-refractivity contribution is 7.99. The molecule has 0 unspecified atom stereocenters. The number of hydrogen-bond donors (Lipinski definition) is 2. The van der Waals surface area contributed by atoms with Crippen molar-refractivity contribution in [2.24, 2.45) is 0 Å². The SMILES string of the molecule is C#CCSCCNc1cccc(SCC)c1C(=O)O. The van der Waals surface area contributed by atoms with Crippen LogP contribution in [-0.2, 0) is 0 Å². The van der Waals surface area contributed by atoms with Gasteiger partial charge in [0.25, 0.3) is 0 Å². The van der Waals surface area contributed by atoms with Crippen LogP contribution in [-0.4, -0.2) is 34.9 Å². The quantitative estimate of drug-likeness (QED) is 0.438. The molecule has 3 nitrogen and oxygen atoms in total. The lowest BCUT2D eigenvalue weighted by molar-refractivity contribution is 0.0694. The number of terminal acetylenes is 1. The molecule has 0 bridgehead atoms. The fraction of sp³-hybridized carbons (Fsp3) is 0.357. The first-order valence-electron chi connectivity index (χ1n) is 5.94. The third kappa shape index (κ3) is 5.09. The van der Waals surface area contributed by atoms with Crippen molar-refractivity contribution in [3.63, 3.8) is 0 Å². The Balaban J connectivity index is 2.74. The Morgan fingerprint density at radius 3 is 2.95 bits per heavy atom. The molecule has 0 aliphatic heterocycles. The van der Waals surface area contributed by atoms with E-state index >= 15 is 0 Å². The molecule has 0 amide bonds. The summed E-state index contributed by atoms with van der Waals surface area (Å²) >= 11 is 3.19. The summed E-state index contributed by atoms with van der Waals surface area (Å²) in [6.07, 6.45) is 5.17. The van der Waals surface area contributed by atoms with Crippen LogP contribution in [0.4, 0.5) is 5.69 Å². The number of nitrogens with one attached hydrogen (secondary N) is 1. The van der Waals surface area contributed by atoms with E-state index in [-0.39, 0.29) is 0 Å². The predicted octanol–water partition coefficient (Wildman–Crippen LogP) is 3.28. The van der Waals surface area contributed by atoms with Crippen LogP contribution in [0.1, 0.15) is 17.3 Å². The molecule has 0 aromatic heterocycles. The molecule has 1 rings (SSSR count). The summed E-state index contributed by atoms with van der Waals surface area (Å²) < 4.78 is 0. The van der Waals surface area contributed by atoms with Crippen molar-refractivity contribution < 1.29 is 9.90 Å². The first-order chi connectivity index (χ1) is 9.20.